The topological polar surface area (TPSA) is 27.7 Å². The van der Waals surface area contributed by atoms with E-state index >= 15 is 0 Å². The van der Waals surface area contributed by atoms with Crippen LogP contribution in [0, 0.1) is 5.41 Å². The molecule has 0 spiro atoms. The van der Waals surface area contributed by atoms with E-state index in [-0.39, 0.29) is 0 Å². The van der Waals surface area contributed by atoms with Crippen LogP contribution in [0.2, 0.25) is 19.1 Å². The minimum Gasteiger partial charge on any atom is -0.377 e. The van der Waals surface area contributed by atoms with E-state index in [0.29, 0.717) is 10.7 Å². The molecule has 6 heteroatoms. The van der Waals surface area contributed by atoms with Crippen molar-refractivity contribution in [3.05, 3.63) is 0 Å². The summed E-state index contributed by atoms with van der Waals surface area (Å²) >= 11 is 2.17. The van der Waals surface area contributed by atoms with Gasteiger partial charge < -0.3 is 13.3 Å². The molecule has 0 bridgehead atoms. The van der Waals surface area contributed by atoms with Gasteiger partial charge in [-0.3, -0.25) is 0 Å². The minimum absolute atomic E-state index is 0.317. The molecule has 0 fully saturated rings. The number of hydrogen-bond acceptors (Lipinski definition) is 4. The molecule has 1 atom stereocenters. The summed E-state index contributed by atoms with van der Waals surface area (Å²) in [7, 11) is 2.03. The van der Waals surface area contributed by atoms with Gasteiger partial charge in [0.25, 0.3) is 0 Å². The molecule has 0 N–H and O–H groups in total. The Morgan fingerprint density at radius 1 is 1.06 bits per heavy atom. The van der Waals surface area contributed by atoms with Crippen molar-refractivity contribution in [2.75, 3.05) is 21.3 Å². The van der Waals surface area contributed by atoms with Crippen molar-refractivity contribution in [1.29, 1.82) is 0 Å². The first-order valence-corrected chi connectivity index (χ1v) is 13.1. The van der Waals surface area contributed by atoms with Crippen molar-refractivity contribution in [1.82, 2.24) is 0 Å². The summed E-state index contributed by atoms with van der Waals surface area (Å²) in [5.74, 6) is 0. The van der Waals surface area contributed by atoms with E-state index in [1.165, 1.54) is 0 Å². The molecule has 0 aliphatic heterocycles. The van der Waals surface area contributed by atoms with Gasteiger partial charge in [-0.25, -0.2) is 0 Å². The summed E-state index contributed by atoms with van der Waals surface area (Å²) < 4.78 is 16.5. The lowest BCUT2D eigenvalue weighted by molar-refractivity contribution is 0.122. The third-order valence-electron chi connectivity index (χ3n) is 3.05. The van der Waals surface area contributed by atoms with Gasteiger partial charge in [-0.1, -0.05) is 33.9 Å². The maximum Gasteiger partial charge on any atom is 0.500 e. The Morgan fingerprint density at radius 2 is 1.50 bits per heavy atom. The Hall–Kier alpha value is 0.664. The fraction of sp³-hybridized carbons (Fsp3) is 1.00. The molecule has 0 saturated carbocycles. The van der Waals surface area contributed by atoms with Gasteiger partial charge in [-0.05, 0) is 11.8 Å². The highest BCUT2D eigenvalue weighted by Crippen LogP contribution is 2.36. The lowest BCUT2D eigenvalue weighted by atomic mass is 9.90. The molecule has 1 unspecified atom stereocenters. The van der Waals surface area contributed by atoms with E-state index in [1.807, 2.05) is 0 Å². The second-order valence-corrected chi connectivity index (χ2v) is 15.5. The second-order valence-electron chi connectivity index (χ2n) is 5.87. The van der Waals surface area contributed by atoms with Crippen molar-refractivity contribution in [3.8, 4) is 0 Å². The summed E-state index contributed by atoms with van der Waals surface area (Å²) in [6.45, 7) is 11.7. The van der Waals surface area contributed by atoms with Gasteiger partial charge in [-0.2, -0.15) is 11.2 Å². The summed E-state index contributed by atoms with van der Waals surface area (Å²) in [6.07, 6.45) is 1.10. The van der Waals surface area contributed by atoms with E-state index in [9.17, 15) is 0 Å². The van der Waals surface area contributed by atoms with Crippen LogP contribution in [0.5, 0.6) is 0 Å². The van der Waals surface area contributed by atoms with Crippen molar-refractivity contribution < 1.29 is 13.3 Å². The Balaban J connectivity index is 4.60. The maximum absolute atomic E-state index is 5.50. The van der Waals surface area contributed by atoms with Gasteiger partial charge in [0.05, 0.1) is 7.95 Å². The van der Waals surface area contributed by atoms with Crippen molar-refractivity contribution >= 4 is 28.0 Å². The van der Waals surface area contributed by atoms with Gasteiger partial charge in [0.2, 0.25) is 0 Å². The molecule has 0 aliphatic carbocycles. The molecular weight excluding hydrogens is 280 g/mol. The van der Waals surface area contributed by atoms with Gasteiger partial charge in [0.1, 0.15) is 0 Å². The van der Waals surface area contributed by atoms with Gasteiger partial charge in [0.15, 0.2) is 0 Å². The van der Waals surface area contributed by atoms with Crippen LogP contribution in [0.4, 0.5) is 0 Å². The molecule has 0 aromatic heterocycles. The smallest absolute Gasteiger partial charge is 0.377 e. The van der Waals surface area contributed by atoms with Crippen LogP contribution >= 0.6 is 11.2 Å². The molecule has 110 valence electrons. The monoisotopic (exact) mass is 310 g/mol. The van der Waals surface area contributed by atoms with Crippen molar-refractivity contribution in [2.24, 2.45) is 5.41 Å². The molecule has 0 saturated heterocycles. The van der Waals surface area contributed by atoms with Crippen LogP contribution < -0.4 is 0 Å². The molecule has 18 heavy (non-hydrogen) atoms. The first kappa shape index (κ1) is 18.7. The van der Waals surface area contributed by atoms with Crippen LogP contribution in [-0.4, -0.2) is 43.3 Å². The summed E-state index contributed by atoms with van der Waals surface area (Å²) in [6, 6.07) is 0.895. The Bertz CT molecular complexity index is 220. The molecule has 0 aromatic carbocycles. The Morgan fingerprint density at radius 3 is 1.78 bits per heavy atom. The van der Waals surface area contributed by atoms with Crippen LogP contribution in [0.3, 0.4) is 0 Å². The third-order valence-corrected chi connectivity index (χ3v) is 10.2. The lowest BCUT2D eigenvalue weighted by Gasteiger charge is -2.34. The largest absolute Gasteiger partial charge is 0.500 e. The van der Waals surface area contributed by atoms with E-state index in [2.05, 4.69) is 45.1 Å². The summed E-state index contributed by atoms with van der Waals surface area (Å²) in [5.41, 5.74) is 0.317. The maximum atomic E-state index is 5.50. The molecule has 3 nitrogen and oxygen atoms in total. The molecule has 0 heterocycles. The van der Waals surface area contributed by atoms with Crippen LogP contribution in [0.15, 0.2) is 0 Å². The van der Waals surface area contributed by atoms with E-state index in [4.69, 9.17) is 13.3 Å². The first-order chi connectivity index (χ1) is 8.20. The summed E-state index contributed by atoms with van der Waals surface area (Å²) in [5, 5.41) is 0.650. The van der Waals surface area contributed by atoms with Crippen molar-refractivity contribution in [3.63, 3.8) is 0 Å². The molecule has 0 radical (unpaired) electrons. The van der Waals surface area contributed by atoms with E-state index in [0.717, 1.165) is 12.5 Å². The predicted molar refractivity (Wildman–Crippen MR) is 85.9 cm³/mol. The Labute approximate surface area is 120 Å². The van der Waals surface area contributed by atoms with Crippen molar-refractivity contribution in [2.45, 2.75) is 51.6 Å². The quantitative estimate of drug-likeness (QED) is 0.642. The zero-order valence-corrected chi connectivity index (χ0v) is 16.2. The van der Waals surface area contributed by atoms with Crippen LogP contribution in [-0.2, 0) is 13.3 Å². The zero-order chi connectivity index (χ0) is 14.4. The highest BCUT2D eigenvalue weighted by Gasteiger charge is 2.39. The van der Waals surface area contributed by atoms with Gasteiger partial charge >= 0.3 is 8.80 Å². The van der Waals surface area contributed by atoms with Gasteiger partial charge in [-0.15, -0.1) is 0 Å². The van der Waals surface area contributed by atoms with Crippen LogP contribution in [0.1, 0.15) is 27.2 Å². The first-order valence-electron chi connectivity index (χ1n) is 6.51. The second kappa shape index (κ2) is 8.06. The van der Waals surface area contributed by atoms with Crippen LogP contribution in [0.25, 0.3) is 0 Å². The average Bonchev–Trinajstić information content (AvgIpc) is 2.28. The Kier molecular flexibility index (Phi) is 8.36. The normalized spacial score (nSPS) is 15.2. The summed E-state index contributed by atoms with van der Waals surface area (Å²) in [4.78, 5) is 0. The average molecular weight is 311 g/mol. The molecule has 0 aliphatic rings. The lowest BCUT2D eigenvalue weighted by Crippen LogP contribution is -2.44. The minimum atomic E-state index is -2.41. The van der Waals surface area contributed by atoms with E-state index in [1.54, 1.807) is 21.3 Å². The zero-order valence-electron chi connectivity index (χ0n) is 13.2. The standard InChI is InChI=1S/C12H30O3SSi2/c1-12(2,3)11(16-17(7)8)9-10-18(13-4,14-5)15-6/h11,17H,9-10H2,1-8H3. The fourth-order valence-corrected chi connectivity index (χ4v) is 8.79. The third kappa shape index (κ3) is 6.21. The molecular formula is C12H30O3SSi2. The molecule has 0 amide bonds. The highest BCUT2D eigenvalue weighted by molar-refractivity contribution is 8.25. The number of rotatable bonds is 8. The molecule has 0 rings (SSSR count). The highest BCUT2D eigenvalue weighted by atomic mass is 32.4. The fourth-order valence-electron chi connectivity index (χ4n) is 1.90. The number of hydrogen-bond donors (Lipinski definition) is 0. The molecule has 0 aromatic rings. The van der Waals surface area contributed by atoms with E-state index < -0.39 is 16.8 Å². The van der Waals surface area contributed by atoms with Gasteiger partial charge in [0, 0.05) is 32.6 Å². The SMILES string of the molecule is CO[Si](CCC(S[SiH](C)C)C(C)(C)C)(OC)OC. The predicted octanol–water partition coefficient (Wildman–Crippen LogP) is 3.39.